The van der Waals surface area contributed by atoms with Gasteiger partial charge in [-0.3, -0.25) is 4.79 Å². The molecule has 148 valence electrons. The molecule has 4 aliphatic rings. The van der Waals surface area contributed by atoms with Crippen LogP contribution in [0.5, 0.6) is 0 Å². The maximum Gasteiger partial charge on any atom is 0.302 e. The molecular weight excluding hydrogens is 322 g/mol. The van der Waals surface area contributed by atoms with Crippen LogP contribution in [0.2, 0.25) is 0 Å². The van der Waals surface area contributed by atoms with Crippen molar-refractivity contribution in [2.75, 3.05) is 0 Å². The lowest BCUT2D eigenvalue weighted by atomic mass is 9.44. The number of carbonyl (C=O) groups is 1. The van der Waals surface area contributed by atoms with Gasteiger partial charge in [-0.15, -0.1) is 0 Å². The molecule has 0 aromatic carbocycles. The van der Waals surface area contributed by atoms with E-state index in [9.17, 15) is 4.79 Å². The normalized spacial score (nSPS) is 51.7. The summed E-state index contributed by atoms with van der Waals surface area (Å²) < 4.78 is 5.59. The molecular formula is C23H39NO2. The van der Waals surface area contributed by atoms with Crippen LogP contribution in [0.25, 0.3) is 0 Å². The average Bonchev–Trinajstić information content (AvgIpc) is 2.92. The van der Waals surface area contributed by atoms with Crippen LogP contribution in [0.4, 0.5) is 0 Å². The Morgan fingerprint density at radius 1 is 1.00 bits per heavy atom. The Bertz CT molecular complexity index is 560. The van der Waals surface area contributed by atoms with Gasteiger partial charge in [0.1, 0.15) is 6.10 Å². The summed E-state index contributed by atoms with van der Waals surface area (Å²) in [5.41, 5.74) is 7.35. The molecule has 9 atom stereocenters. The van der Waals surface area contributed by atoms with Crippen molar-refractivity contribution in [2.24, 2.45) is 46.2 Å². The van der Waals surface area contributed by atoms with E-state index in [-0.39, 0.29) is 12.1 Å². The first kappa shape index (κ1) is 18.8. The molecule has 4 aliphatic carbocycles. The highest BCUT2D eigenvalue weighted by Gasteiger charge is 2.60. The third-order valence-corrected chi connectivity index (χ3v) is 9.66. The molecule has 0 amide bonds. The first-order valence-corrected chi connectivity index (χ1v) is 11.2. The van der Waals surface area contributed by atoms with Crippen molar-refractivity contribution in [2.45, 2.75) is 97.6 Å². The van der Waals surface area contributed by atoms with Gasteiger partial charge < -0.3 is 10.5 Å². The minimum atomic E-state index is -0.103. The zero-order chi connectivity index (χ0) is 18.7. The smallest absolute Gasteiger partial charge is 0.302 e. The Morgan fingerprint density at radius 2 is 1.69 bits per heavy atom. The second kappa shape index (κ2) is 6.50. The fourth-order valence-electron chi connectivity index (χ4n) is 8.46. The third-order valence-electron chi connectivity index (χ3n) is 9.66. The number of rotatable bonds is 2. The van der Waals surface area contributed by atoms with Crippen LogP contribution in [-0.4, -0.2) is 18.1 Å². The van der Waals surface area contributed by atoms with Crippen molar-refractivity contribution in [1.29, 1.82) is 0 Å². The second-order valence-electron chi connectivity index (χ2n) is 10.8. The zero-order valence-corrected chi connectivity index (χ0v) is 17.3. The van der Waals surface area contributed by atoms with Crippen LogP contribution >= 0.6 is 0 Å². The van der Waals surface area contributed by atoms with Crippen LogP contribution < -0.4 is 5.73 Å². The van der Waals surface area contributed by atoms with E-state index in [1.807, 2.05) is 0 Å². The summed E-state index contributed by atoms with van der Waals surface area (Å²) in [7, 11) is 0. The van der Waals surface area contributed by atoms with Crippen LogP contribution in [-0.2, 0) is 9.53 Å². The van der Waals surface area contributed by atoms with Gasteiger partial charge >= 0.3 is 5.97 Å². The second-order valence-corrected chi connectivity index (χ2v) is 10.8. The Kier molecular flexibility index (Phi) is 4.69. The van der Waals surface area contributed by atoms with E-state index in [4.69, 9.17) is 10.5 Å². The number of hydrogen-bond acceptors (Lipinski definition) is 3. The van der Waals surface area contributed by atoms with Gasteiger partial charge in [-0.2, -0.15) is 0 Å². The third kappa shape index (κ3) is 2.75. The molecule has 3 nitrogen and oxygen atoms in total. The fourth-order valence-corrected chi connectivity index (χ4v) is 8.46. The van der Waals surface area contributed by atoms with Gasteiger partial charge in [-0.05, 0) is 105 Å². The van der Waals surface area contributed by atoms with Gasteiger partial charge in [-0.1, -0.05) is 13.8 Å². The van der Waals surface area contributed by atoms with Gasteiger partial charge in [0.2, 0.25) is 0 Å². The Labute approximate surface area is 159 Å². The molecule has 26 heavy (non-hydrogen) atoms. The molecule has 0 aromatic heterocycles. The fraction of sp³-hybridized carbons (Fsp3) is 0.957. The molecule has 0 heterocycles. The number of hydrogen-bond donors (Lipinski definition) is 1. The maximum atomic E-state index is 11.4. The number of esters is 1. The monoisotopic (exact) mass is 361 g/mol. The molecule has 0 saturated heterocycles. The molecule has 0 spiro atoms. The highest BCUT2D eigenvalue weighted by molar-refractivity contribution is 5.66. The van der Waals surface area contributed by atoms with Crippen molar-refractivity contribution in [3.05, 3.63) is 0 Å². The molecule has 0 radical (unpaired) electrons. The summed E-state index contributed by atoms with van der Waals surface area (Å²) in [5.74, 6) is 4.04. The van der Waals surface area contributed by atoms with E-state index < -0.39 is 0 Å². The lowest BCUT2D eigenvalue weighted by Crippen LogP contribution is -2.55. The Morgan fingerprint density at radius 3 is 2.38 bits per heavy atom. The number of carbonyl (C=O) groups excluding carboxylic acids is 1. The predicted octanol–water partition coefficient (Wildman–Crippen LogP) is 4.92. The first-order chi connectivity index (χ1) is 12.3. The summed E-state index contributed by atoms with van der Waals surface area (Å²) >= 11 is 0. The highest BCUT2D eigenvalue weighted by Crippen LogP contribution is 2.67. The largest absolute Gasteiger partial charge is 0.463 e. The van der Waals surface area contributed by atoms with Gasteiger partial charge in [0.05, 0.1) is 0 Å². The minimum Gasteiger partial charge on any atom is -0.463 e. The van der Waals surface area contributed by atoms with E-state index in [1.165, 1.54) is 44.9 Å². The van der Waals surface area contributed by atoms with E-state index in [2.05, 4.69) is 20.8 Å². The van der Waals surface area contributed by atoms with Crippen molar-refractivity contribution >= 4 is 5.97 Å². The van der Waals surface area contributed by atoms with E-state index >= 15 is 0 Å². The lowest BCUT2D eigenvalue weighted by Gasteiger charge is -2.61. The zero-order valence-electron chi connectivity index (χ0n) is 17.3. The van der Waals surface area contributed by atoms with Gasteiger partial charge in [0.15, 0.2) is 0 Å². The van der Waals surface area contributed by atoms with Crippen LogP contribution in [0.1, 0.15) is 85.5 Å². The number of ether oxygens (including phenoxy) is 1. The Hall–Kier alpha value is -0.570. The first-order valence-electron chi connectivity index (χ1n) is 11.2. The maximum absolute atomic E-state index is 11.4. The molecule has 4 fully saturated rings. The molecule has 0 aromatic rings. The number of fused-ring (bicyclic) bond motifs is 5. The summed E-state index contributed by atoms with van der Waals surface area (Å²) in [5, 5.41) is 0. The summed E-state index contributed by atoms with van der Waals surface area (Å²) in [6.45, 7) is 8.95. The van der Waals surface area contributed by atoms with Gasteiger partial charge in [0.25, 0.3) is 0 Å². The Balaban J connectivity index is 1.53. The van der Waals surface area contributed by atoms with Gasteiger partial charge in [0, 0.05) is 13.0 Å². The van der Waals surface area contributed by atoms with Crippen LogP contribution in [0.3, 0.4) is 0 Å². The van der Waals surface area contributed by atoms with E-state index in [1.54, 1.807) is 6.92 Å². The average molecular weight is 362 g/mol. The van der Waals surface area contributed by atoms with Gasteiger partial charge in [-0.25, -0.2) is 0 Å². The summed E-state index contributed by atoms with van der Waals surface area (Å²) in [6, 6.07) is 0.340. The lowest BCUT2D eigenvalue weighted by molar-refractivity contribution is -0.160. The topological polar surface area (TPSA) is 52.3 Å². The highest BCUT2D eigenvalue weighted by atomic mass is 16.5. The number of nitrogens with two attached hydrogens (primary N) is 1. The van der Waals surface area contributed by atoms with Crippen LogP contribution in [0, 0.1) is 40.4 Å². The summed E-state index contributed by atoms with van der Waals surface area (Å²) in [4.78, 5) is 11.4. The molecule has 0 aliphatic heterocycles. The molecule has 0 bridgehead atoms. The molecule has 2 N–H and O–H groups in total. The minimum absolute atomic E-state index is 0.103. The standard InChI is InChI=1S/C23H39NO2/c1-14(24)19-7-8-20-18-6-5-16-13-17(26-15(2)25)9-11-22(16,3)21(18)10-12-23(19,20)4/h14,16-21H,5-13,24H2,1-4H3/t14-,16-,17-,18-,19+,20-,21-,22-,23+/m0/s1. The quantitative estimate of drug-likeness (QED) is 0.710. The van der Waals surface area contributed by atoms with Crippen molar-refractivity contribution in [3.63, 3.8) is 0 Å². The molecule has 3 heteroatoms. The van der Waals surface area contributed by atoms with Crippen molar-refractivity contribution < 1.29 is 9.53 Å². The summed E-state index contributed by atoms with van der Waals surface area (Å²) in [6.07, 6.45) is 11.8. The van der Waals surface area contributed by atoms with Crippen molar-refractivity contribution in [3.8, 4) is 0 Å². The van der Waals surface area contributed by atoms with Crippen LogP contribution in [0.15, 0.2) is 0 Å². The SMILES string of the molecule is CC(=O)O[C@H]1CC[C@@]2(C)[C@@H](CC[C@@H]3[C@@H]2CC[C@]2(C)[C@@H]([C@H](C)N)CC[C@@H]32)C1. The molecule has 4 rings (SSSR count). The van der Waals surface area contributed by atoms with E-state index in [0.717, 1.165) is 42.4 Å². The van der Waals surface area contributed by atoms with Crippen molar-refractivity contribution in [1.82, 2.24) is 0 Å². The molecule has 0 unspecified atom stereocenters. The molecule has 4 saturated carbocycles. The van der Waals surface area contributed by atoms with E-state index in [0.29, 0.717) is 16.9 Å². The predicted molar refractivity (Wildman–Crippen MR) is 104 cm³/mol.